The zero-order valence-corrected chi connectivity index (χ0v) is 19.9. The van der Waals surface area contributed by atoms with Gasteiger partial charge in [0, 0.05) is 22.7 Å². The predicted octanol–water partition coefficient (Wildman–Crippen LogP) is 7.44. The lowest BCUT2D eigenvalue weighted by atomic mass is 9.98. The van der Waals surface area contributed by atoms with E-state index in [0.29, 0.717) is 4.43 Å². The Morgan fingerprint density at radius 1 is 0.727 bits per heavy atom. The van der Waals surface area contributed by atoms with Gasteiger partial charge >= 0.3 is 23.9 Å². The minimum Gasteiger partial charge on any atom is -0.313 e. The molecule has 12 heteroatoms. The molecular weight excluding hydrogens is 597 g/mol. The van der Waals surface area contributed by atoms with Crippen LogP contribution < -0.4 is 10.6 Å². The summed E-state index contributed by atoms with van der Waals surface area (Å²) in [6, 6.07) is 14.1. The standard InChI is InChI=1S/C21H19F9IOP/c22-18(23,19(24,25)20(26,27)21(28,29)30)14-17(12-7-13-31)33(32,15-8-3-1-4-9-15)16-10-5-2-6-11-16/h1-6,8-11,17H,7,12-14H2. The van der Waals surface area contributed by atoms with Crippen LogP contribution in [0.3, 0.4) is 0 Å². The van der Waals surface area contributed by atoms with Crippen LogP contribution >= 0.6 is 29.7 Å². The number of rotatable bonds is 10. The Bertz CT molecular complexity index is 906. The van der Waals surface area contributed by atoms with Gasteiger partial charge < -0.3 is 4.57 Å². The summed E-state index contributed by atoms with van der Waals surface area (Å²) in [5, 5.41) is 0.0210. The van der Waals surface area contributed by atoms with E-state index in [-0.39, 0.29) is 23.5 Å². The molecule has 0 aromatic heterocycles. The maximum Gasteiger partial charge on any atom is 0.460 e. The van der Waals surface area contributed by atoms with E-state index in [1.807, 2.05) is 22.6 Å². The van der Waals surface area contributed by atoms with E-state index < -0.39 is 43.2 Å². The Kier molecular flexibility index (Phi) is 8.64. The Balaban J connectivity index is 2.65. The molecule has 1 unspecified atom stereocenters. The van der Waals surface area contributed by atoms with Gasteiger partial charge in [0.15, 0.2) is 0 Å². The van der Waals surface area contributed by atoms with Gasteiger partial charge in [-0.2, -0.15) is 39.5 Å². The van der Waals surface area contributed by atoms with E-state index in [2.05, 4.69) is 0 Å². The summed E-state index contributed by atoms with van der Waals surface area (Å²) in [5.41, 5.74) is -1.82. The van der Waals surface area contributed by atoms with Crippen molar-refractivity contribution in [2.45, 2.75) is 48.9 Å². The fourth-order valence-electron chi connectivity index (χ4n) is 3.43. The average Bonchev–Trinajstić information content (AvgIpc) is 2.76. The average molecular weight is 616 g/mol. The molecule has 0 bridgehead atoms. The van der Waals surface area contributed by atoms with E-state index in [9.17, 15) is 44.1 Å². The van der Waals surface area contributed by atoms with Crippen LogP contribution in [0, 0.1) is 0 Å². The van der Waals surface area contributed by atoms with Gasteiger partial charge in [-0.25, -0.2) is 0 Å². The van der Waals surface area contributed by atoms with Crippen LogP contribution in [-0.2, 0) is 4.57 Å². The smallest absolute Gasteiger partial charge is 0.313 e. The molecule has 0 aliphatic carbocycles. The van der Waals surface area contributed by atoms with Crippen molar-refractivity contribution in [3.8, 4) is 0 Å². The number of benzene rings is 2. The Hall–Kier alpha value is -1.23. The van der Waals surface area contributed by atoms with Crippen molar-refractivity contribution in [3.05, 3.63) is 60.7 Å². The molecule has 0 saturated carbocycles. The van der Waals surface area contributed by atoms with Crippen LogP contribution in [0.5, 0.6) is 0 Å². The fraction of sp³-hybridized carbons (Fsp3) is 0.429. The fourth-order valence-corrected chi connectivity index (χ4v) is 7.27. The van der Waals surface area contributed by atoms with Crippen molar-refractivity contribution < 1.29 is 44.1 Å². The van der Waals surface area contributed by atoms with Crippen molar-refractivity contribution >= 4 is 40.3 Å². The normalized spacial score (nSPS) is 14.8. The van der Waals surface area contributed by atoms with Gasteiger partial charge in [-0.3, -0.25) is 0 Å². The highest BCUT2D eigenvalue weighted by atomic mass is 127. The first kappa shape index (κ1) is 28.0. The van der Waals surface area contributed by atoms with Crippen LogP contribution in [0.25, 0.3) is 0 Å². The Labute approximate surface area is 198 Å². The molecule has 0 spiro atoms. The summed E-state index contributed by atoms with van der Waals surface area (Å²) in [7, 11) is -4.17. The summed E-state index contributed by atoms with van der Waals surface area (Å²) in [5.74, 6) is -19.5. The maximum atomic E-state index is 14.6. The number of hydrogen-bond donors (Lipinski definition) is 0. The third kappa shape index (κ3) is 5.39. The lowest BCUT2D eigenvalue weighted by molar-refractivity contribution is -0.396. The molecule has 0 fully saturated rings. The summed E-state index contributed by atoms with van der Waals surface area (Å²) in [6.45, 7) is 0. The second-order valence-corrected chi connectivity index (χ2v) is 11.5. The molecule has 2 rings (SSSR count). The number of alkyl halides is 10. The van der Waals surface area contributed by atoms with Gasteiger partial charge in [-0.05, 0) is 17.3 Å². The van der Waals surface area contributed by atoms with Crippen LogP contribution in [0.15, 0.2) is 60.7 Å². The first-order valence-corrected chi connectivity index (χ1v) is 12.9. The second kappa shape index (κ2) is 10.2. The second-order valence-electron chi connectivity index (χ2n) is 7.37. The molecule has 0 N–H and O–H groups in total. The minimum absolute atomic E-state index is 0.0105. The zero-order chi connectivity index (χ0) is 25.1. The molecule has 0 saturated heterocycles. The van der Waals surface area contributed by atoms with Crippen LogP contribution in [-0.4, -0.2) is 34.0 Å². The van der Waals surface area contributed by atoms with Gasteiger partial charge in [-0.1, -0.05) is 83.3 Å². The quantitative estimate of drug-likeness (QED) is 0.117. The van der Waals surface area contributed by atoms with Crippen molar-refractivity contribution in [2.24, 2.45) is 0 Å². The lowest BCUT2D eigenvalue weighted by Crippen LogP contribution is -2.61. The van der Waals surface area contributed by atoms with Crippen molar-refractivity contribution in [3.63, 3.8) is 0 Å². The SMILES string of the molecule is O=P(c1ccccc1)(c1ccccc1)C(CCCI)CC(F)(F)C(F)(F)C(F)(F)C(F)(F)F. The van der Waals surface area contributed by atoms with E-state index in [4.69, 9.17) is 0 Å². The van der Waals surface area contributed by atoms with Gasteiger partial charge in [0.2, 0.25) is 0 Å². The van der Waals surface area contributed by atoms with E-state index in [1.54, 1.807) is 0 Å². The maximum absolute atomic E-state index is 14.6. The first-order valence-electron chi connectivity index (χ1n) is 9.60. The molecule has 33 heavy (non-hydrogen) atoms. The van der Waals surface area contributed by atoms with E-state index in [1.165, 1.54) is 60.7 Å². The molecule has 0 heterocycles. The monoisotopic (exact) mass is 616 g/mol. The van der Waals surface area contributed by atoms with Gasteiger partial charge in [0.05, 0.1) is 0 Å². The van der Waals surface area contributed by atoms with Crippen molar-refractivity contribution in [1.29, 1.82) is 0 Å². The van der Waals surface area contributed by atoms with E-state index in [0.717, 1.165) is 0 Å². The topological polar surface area (TPSA) is 17.1 Å². The molecule has 0 aliphatic heterocycles. The number of halogens is 10. The summed E-state index contributed by atoms with van der Waals surface area (Å²) < 4.78 is 136. The van der Waals surface area contributed by atoms with E-state index >= 15 is 0 Å². The van der Waals surface area contributed by atoms with Crippen molar-refractivity contribution in [2.75, 3.05) is 4.43 Å². The highest BCUT2D eigenvalue weighted by Crippen LogP contribution is 2.59. The molecule has 0 aliphatic rings. The molecular formula is C21H19F9IOP. The number of hydrogen-bond acceptors (Lipinski definition) is 1. The molecule has 1 nitrogen and oxygen atoms in total. The molecule has 184 valence electrons. The third-order valence-electron chi connectivity index (χ3n) is 5.17. The van der Waals surface area contributed by atoms with Gasteiger partial charge in [0.25, 0.3) is 0 Å². The van der Waals surface area contributed by atoms with Crippen LogP contribution in [0.2, 0.25) is 0 Å². The van der Waals surface area contributed by atoms with Crippen LogP contribution in [0.4, 0.5) is 39.5 Å². The largest absolute Gasteiger partial charge is 0.460 e. The van der Waals surface area contributed by atoms with Gasteiger partial charge in [0.1, 0.15) is 7.14 Å². The van der Waals surface area contributed by atoms with Crippen LogP contribution in [0.1, 0.15) is 19.3 Å². The molecule has 2 aromatic rings. The third-order valence-corrected chi connectivity index (χ3v) is 9.53. The molecule has 1 atom stereocenters. The highest BCUT2D eigenvalue weighted by molar-refractivity contribution is 14.1. The molecule has 2 aromatic carbocycles. The summed E-state index contributed by atoms with van der Waals surface area (Å²) in [4.78, 5) is 0. The first-order chi connectivity index (χ1) is 15.1. The zero-order valence-electron chi connectivity index (χ0n) is 16.8. The van der Waals surface area contributed by atoms with Gasteiger partial charge in [-0.15, -0.1) is 0 Å². The highest BCUT2D eigenvalue weighted by Gasteiger charge is 2.81. The molecule has 0 amide bonds. The predicted molar refractivity (Wildman–Crippen MR) is 117 cm³/mol. The molecule has 0 radical (unpaired) electrons. The summed E-state index contributed by atoms with van der Waals surface area (Å²) in [6.07, 6.45) is -9.27. The Morgan fingerprint density at radius 3 is 1.52 bits per heavy atom. The Morgan fingerprint density at radius 2 is 1.15 bits per heavy atom. The minimum atomic E-state index is -6.99. The van der Waals surface area contributed by atoms with Crippen molar-refractivity contribution in [1.82, 2.24) is 0 Å². The lowest BCUT2D eigenvalue weighted by Gasteiger charge is -2.37. The summed E-state index contributed by atoms with van der Waals surface area (Å²) >= 11 is 1.86.